The second-order valence-electron chi connectivity index (χ2n) is 12.8. The van der Waals surface area contributed by atoms with E-state index in [1.807, 2.05) is 31.2 Å². The lowest BCUT2D eigenvalue weighted by molar-refractivity contribution is 0.107. The molecular formula is C34H36F3N5O. The third kappa shape index (κ3) is 4.46. The van der Waals surface area contributed by atoms with Gasteiger partial charge in [0.1, 0.15) is 29.9 Å². The topological polar surface area (TPSA) is 53.5 Å². The van der Waals surface area contributed by atoms with Crippen LogP contribution in [0.5, 0.6) is 6.01 Å². The van der Waals surface area contributed by atoms with Crippen LogP contribution in [0.4, 0.5) is 19.0 Å². The van der Waals surface area contributed by atoms with Gasteiger partial charge in [0.15, 0.2) is 5.82 Å². The molecule has 0 saturated carbocycles. The Hall–Kier alpha value is -3.43. The van der Waals surface area contributed by atoms with Crippen molar-refractivity contribution in [2.24, 2.45) is 0 Å². The molecule has 0 amide bonds. The van der Waals surface area contributed by atoms with Crippen molar-refractivity contribution in [3.63, 3.8) is 0 Å². The average Bonchev–Trinajstić information content (AvgIpc) is 3.66. The minimum Gasteiger partial charge on any atom is -0.461 e. The fourth-order valence-electron chi connectivity index (χ4n) is 8.26. The number of aryl methyl sites for hydroxylation is 1. The summed E-state index contributed by atoms with van der Waals surface area (Å²) in [4.78, 5) is 14.0. The van der Waals surface area contributed by atoms with Crippen LogP contribution < -0.4 is 15.0 Å². The Bertz CT molecular complexity index is 1720. The summed E-state index contributed by atoms with van der Waals surface area (Å²) >= 11 is 0. The van der Waals surface area contributed by atoms with Gasteiger partial charge in [0.2, 0.25) is 0 Å². The summed E-state index contributed by atoms with van der Waals surface area (Å²) in [5.41, 5.74) is 1.39. The van der Waals surface area contributed by atoms with E-state index in [0.717, 1.165) is 56.1 Å². The zero-order valence-electron chi connectivity index (χ0n) is 24.4. The van der Waals surface area contributed by atoms with E-state index in [1.54, 1.807) is 12.1 Å². The Morgan fingerprint density at radius 2 is 1.84 bits per heavy atom. The fourth-order valence-corrected chi connectivity index (χ4v) is 8.26. The van der Waals surface area contributed by atoms with E-state index in [4.69, 9.17) is 9.72 Å². The third-order valence-electron chi connectivity index (χ3n) is 10.3. The second-order valence-corrected chi connectivity index (χ2v) is 12.8. The van der Waals surface area contributed by atoms with E-state index < -0.39 is 12.0 Å². The monoisotopic (exact) mass is 587 g/mol. The average molecular weight is 588 g/mol. The van der Waals surface area contributed by atoms with Gasteiger partial charge < -0.3 is 15.0 Å². The number of piperazine rings is 1. The van der Waals surface area contributed by atoms with Gasteiger partial charge in [-0.25, -0.2) is 13.2 Å². The number of alkyl halides is 1. The van der Waals surface area contributed by atoms with E-state index in [2.05, 4.69) is 20.1 Å². The molecule has 4 aromatic rings. The number of ether oxygens (including phenoxy) is 1. The van der Waals surface area contributed by atoms with E-state index in [-0.39, 0.29) is 29.5 Å². The molecule has 224 valence electrons. The van der Waals surface area contributed by atoms with Gasteiger partial charge in [0, 0.05) is 49.1 Å². The van der Waals surface area contributed by atoms with Gasteiger partial charge in [-0.05, 0) is 72.7 Å². The molecule has 0 spiro atoms. The molecule has 4 aliphatic heterocycles. The van der Waals surface area contributed by atoms with E-state index in [9.17, 15) is 8.78 Å². The van der Waals surface area contributed by atoms with Gasteiger partial charge in [-0.3, -0.25) is 4.90 Å². The lowest BCUT2D eigenvalue weighted by atomic mass is 9.92. The smallest absolute Gasteiger partial charge is 0.319 e. The van der Waals surface area contributed by atoms with Crippen LogP contribution in [0.1, 0.15) is 44.6 Å². The number of halogens is 3. The Labute approximate surface area is 249 Å². The van der Waals surface area contributed by atoms with E-state index in [1.165, 1.54) is 6.07 Å². The molecule has 9 heteroatoms. The van der Waals surface area contributed by atoms with Crippen LogP contribution in [-0.2, 0) is 6.42 Å². The maximum atomic E-state index is 16.8. The molecule has 2 bridgehead atoms. The number of fused-ring (bicyclic) bond motifs is 5. The van der Waals surface area contributed by atoms with Crippen molar-refractivity contribution in [3.8, 4) is 17.1 Å². The zero-order chi connectivity index (χ0) is 29.3. The van der Waals surface area contributed by atoms with Crippen LogP contribution in [0.2, 0.25) is 0 Å². The minimum absolute atomic E-state index is 0.117. The summed E-state index contributed by atoms with van der Waals surface area (Å²) in [6, 6.07) is 13.4. The summed E-state index contributed by atoms with van der Waals surface area (Å²) in [7, 11) is 0. The van der Waals surface area contributed by atoms with E-state index in [0.29, 0.717) is 59.4 Å². The molecule has 1 aromatic heterocycles. The van der Waals surface area contributed by atoms with Gasteiger partial charge in [-0.2, -0.15) is 9.97 Å². The molecule has 0 radical (unpaired) electrons. The van der Waals surface area contributed by atoms with Crippen LogP contribution in [-0.4, -0.2) is 71.4 Å². The number of nitrogens with one attached hydrogen (secondary N) is 1. The van der Waals surface area contributed by atoms with Crippen LogP contribution in [0.3, 0.4) is 0 Å². The molecular weight excluding hydrogens is 551 g/mol. The maximum Gasteiger partial charge on any atom is 0.319 e. The lowest BCUT2D eigenvalue weighted by Gasteiger charge is -2.34. The first-order valence-electron chi connectivity index (χ1n) is 15.7. The number of rotatable bonds is 6. The Kier molecular flexibility index (Phi) is 6.53. The second kappa shape index (κ2) is 10.3. The standard InChI is InChI=1S/C34H36F3N5O/c1-2-24-28(36)12-7-20-5-3-6-25(29(20)24)26-10-11-27-31(30(26)37)39-33(40-32(27)41-17-22-8-9-23(18-41)38-22)43-19-34-13-4-14-42(34)16-21(35)15-34/h3,5-7,10-12,21-23,38H,2,4,8-9,13-19H2,1H3/t21-,22?,23?,34+/m1/s1. The predicted octanol–water partition coefficient (Wildman–Crippen LogP) is 6.19. The number of anilines is 1. The zero-order valence-corrected chi connectivity index (χ0v) is 24.4. The Morgan fingerprint density at radius 1 is 1.00 bits per heavy atom. The van der Waals surface area contributed by atoms with Crippen molar-refractivity contribution in [2.75, 3.05) is 37.7 Å². The molecule has 5 heterocycles. The quantitative estimate of drug-likeness (QED) is 0.291. The van der Waals surface area contributed by atoms with Crippen LogP contribution in [0.25, 0.3) is 32.8 Å². The van der Waals surface area contributed by atoms with Crippen molar-refractivity contribution in [1.82, 2.24) is 20.2 Å². The summed E-state index contributed by atoms with van der Waals surface area (Å²) in [5.74, 6) is -0.106. The largest absolute Gasteiger partial charge is 0.461 e. The number of benzene rings is 3. The van der Waals surface area contributed by atoms with Crippen molar-refractivity contribution in [1.29, 1.82) is 0 Å². The molecule has 3 aromatic carbocycles. The van der Waals surface area contributed by atoms with Gasteiger partial charge in [0.05, 0.1) is 5.54 Å². The minimum atomic E-state index is -0.869. The fraction of sp³-hybridized carbons (Fsp3) is 0.471. The lowest BCUT2D eigenvalue weighted by Crippen LogP contribution is -2.51. The number of nitrogens with zero attached hydrogens (tertiary/aromatic N) is 4. The number of hydrogen-bond donors (Lipinski definition) is 1. The van der Waals surface area contributed by atoms with Crippen molar-refractivity contribution in [2.45, 2.75) is 69.2 Å². The molecule has 4 atom stereocenters. The summed E-state index contributed by atoms with van der Waals surface area (Å²) in [6.07, 6.45) is 4.14. The third-order valence-corrected chi connectivity index (χ3v) is 10.3. The first-order valence-corrected chi connectivity index (χ1v) is 15.7. The predicted molar refractivity (Wildman–Crippen MR) is 162 cm³/mol. The maximum absolute atomic E-state index is 16.8. The highest BCUT2D eigenvalue weighted by Crippen LogP contribution is 2.42. The summed E-state index contributed by atoms with van der Waals surface area (Å²) in [5, 5.41) is 5.86. The van der Waals surface area contributed by atoms with Crippen molar-refractivity contribution in [3.05, 3.63) is 59.7 Å². The van der Waals surface area contributed by atoms with Crippen LogP contribution in [0.15, 0.2) is 42.5 Å². The highest BCUT2D eigenvalue weighted by molar-refractivity contribution is 6.02. The van der Waals surface area contributed by atoms with Crippen molar-refractivity contribution >= 4 is 27.5 Å². The van der Waals surface area contributed by atoms with Crippen LogP contribution in [0, 0.1) is 11.6 Å². The number of aromatic nitrogens is 2. The Balaban J connectivity index is 1.26. The highest BCUT2D eigenvalue weighted by Gasteiger charge is 2.49. The molecule has 2 unspecified atom stereocenters. The SMILES string of the molecule is CCc1c(F)ccc2cccc(-c3ccc4c(N5CC6CCC(C5)N6)nc(OC[C@@]56CCCN5C[C@H](F)C6)nc4c3F)c12. The molecule has 1 N–H and O–H groups in total. The molecule has 4 aliphatic rings. The van der Waals surface area contributed by atoms with Gasteiger partial charge in [-0.1, -0.05) is 37.3 Å². The van der Waals surface area contributed by atoms with Gasteiger partial charge >= 0.3 is 6.01 Å². The summed E-state index contributed by atoms with van der Waals surface area (Å²) < 4.78 is 52.4. The molecule has 4 saturated heterocycles. The van der Waals surface area contributed by atoms with Crippen LogP contribution >= 0.6 is 0 Å². The first-order chi connectivity index (χ1) is 20.9. The first kappa shape index (κ1) is 27.1. The highest BCUT2D eigenvalue weighted by atomic mass is 19.1. The summed E-state index contributed by atoms with van der Waals surface area (Å²) in [6.45, 7) is 5.02. The van der Waals surface area contributed by atoms with Gasteiger partial charge in [0.25, 0.3) is 0 Å². The molecule has 43 heavy (non-hydrogen) atoms. The number of hydrogen-bond acceptors (Lipinski definition) is 6. The molecule has 8 rings (SSSR count). The normalized spacial score (nSPS) is 27.0. The molecule has 0 aliphatic carbocycles. The Morgan fingerprint density at radius 3 is 2.65 bits per heavy atom. The molecule has 4 fully saturated rings. The van der Waals surface area contributed by atoms with E-state index >= 15 is 4.39 Å². The van der Waals surface area contributed by atoms with Gasteiger partial charge in [-0.15, -0.1) is 0 Å². The van der Waals surface area contributed by atoms with Crippen molar-refractivity contribution < 1.29 is 17.9 Å². The molecule has 6 nitrogen and oxygen atoms in total.